The van der Waals surface area contributed by atoms with Crippen LogP contribution in [-0.4, -0.2) is 67.7 Å². The Morgan fingerprint density at radius 2 is 2.06 bits per heavy atom. The number of anilines is 1. The van der Waals surface area contributed by atoms with Gasteiger partial charge in [0.25, 0.3) is 0 Å². The Kier molecular flexibility index (Phi) is 5.86. The first-order valence-electron chi connectivity index (χ1n) is 9.94. The van der Waals surface area contributed by atoms with Crippen LogP contribution in [0.25, 0.3) is 16.2 Å². The van der Waals surface area contributed by atoms with Crippen molar-refractivity contribution in [2.75, 3.05) is 39.2 Å². The van der Waals surface area contributed by atoms with Crippen molar-refractivity contribution in [3.8, 4) is 5.13 Å². The minimum atomic E-state index is -3.94. The van der Waals surface area contributed by atoms with Crippen LogP contribution in [0.2, 0.25) is 0 Å². The van der Waals surface area contributed by atoms with Crippen molar-refractivity contribution in [3.63, 3.8) is 0 Å². The molecule has 0 bridgehead atoms. The van der Waals surface area contributed by atoms with Gasteiger partial charge in [0.15, 0.2) is 10.8 Å². The molecule has 11 heteroatoms. The van der Waals surface area contributed by atoms with Gasteiger partial charge in [0.1, 0.15) is 10.7 Å². The van der Waals surface area contributed by atoms with Crippen molar-refractivity contribution < 1.29 is 13.2 Å². The molecule has 3 aromatic heterocycles. The summed E-state index contributed by atoms with van der Waals surface area (Å²) >= 11 is 1.34. The number of hydrogen-bond donors (Lipinski definition) is 0. The topological polar surface area (TPSA) is 97.6 Å². The van der Waals surface area contributed by atoms with E-state index < -0.39 is 15.5 Å². The first kappa shape index (κ1) is 21.9. The molecule has 9 nitrogen and oxygen atoms in total. The molecule has 0 aliphatic carbocycles. The van der Waals surface area contributed by atoms with Gasteiger partial charge < -0.3 is 9.64 Å². The summed E-state index contributed by atoms with van der Waals surface area (Å²) in [6.07, 6.45) is 4.07. The van der Waals surface area contributed by atoms with E-state index in [2.05, 4.69) is 16.8 Å². The first-order chi connectivity index (χ1) is 14.8. The number of sulfonamides is 1. The highest BCUT2D eigenvalue weighted by Gasteiger charge is 2.33. The maximum absolute atomic E-state index is 13.1. The lowest BCUT2D eigenvalue weighted by Crippen LogP contribution is -2.29. The average molecular weight is 464 g/mol. The molecule has 3 aromatic rings. The normalized spacial score (nSPS) is 19.6. The van der Waals surface area contributed by atoms with Gasteiger partial charge in [-0.05, 0) is 18.6 Å². The lowest BCUT2D eigenvalue weighted by molar-refractivity contribution is 0.0824. The lowest BCUT2D eigenvalue weighted by atomic mass is 10.0. The van der Waals surface area contributed by atoms with Gasteiger partial charge in [0.05, 0.1) is 11.5 Å². The Hall–Kier alpha value is -2.34. The molecular formula is C20H25N5O4S2. The van der Waals surface area contributed by atoms with Gasteiger partial charge in [-0.1, -0.05) is 6.92 Å². The summed E-state index contributed by atoms with van der Waals surface area (Å²) in [6.45, 7) is 3.66. The highest BCUT2D eigenvalue weighted by Crippen LogP contribution is 2.28. The summed E-state index contributed by atoms with van der Waals surface area (Å²) in [4.78, 5) is 24.0. The van der Waals surface area contributed by atoms with Crippen molar-refractivity contribution >= 4 is 38.2 Å². The molecule has 4 heterocycles. The van der Waals surface area contributed by atoms with E-state index in [0.717, 1.165) is 23.1 Å². The number of fused-ring (bicyclic) bond motifs is 1. The third kappa shape index (κ3) is 3.75. The van der Waals surface area contributed by atoms with E-state index in [0.29, 0.717) is 23.2 Å². The summed E-state index contributed by atoms with van der Waals surface area (Å²) < 4.78 is 33.8. The third-order valence-electron chi connectivity index (χ3n) is 5.72. The maximum Gasteiger partial charge on any atom is 0.247 e. The van der Waals surface area contributed by atoms with E-state index in [1.807, 2.05) is 0 Å². The standard InChI is InChI=1S/C20H25N5O4S2/c1-5-13-10-24(11-15(13)29-4)17-7-6-14-18(26)16(31(27,28)23(2)3)12-25(19(14)22-17)20-21-8-9-30-20/h6-9,12-13,15H,5,10-11H2,1-4H3/t13-,15-/m0/s1. The van der Waals surface area contributed by atoms with E-state index in [9.17, 15) is 13.2 Å². The zero-order valence-electron chi connectivity index (χ0n) is 17.8. The van der Waals surface area contributed by atoms with Gasteiger partial charge in [0.2, 0.25) is 15.5 Å². The van der Waals surface area contributed by atoms with E-state index in [1.54, 1.807) is 35.4 Å². The summed E-state index contributed by atoms with van der Waals surface area (Å²) in [5, 5.41) is 2.56. The van der Waals surface area contributed by atoms with Crippen molar-refractivity contribution in [3.05, 3.63) is 40.1 Å². The Balaban J connectivity index is 1.92. The average Bonchev–Trinajstić information content (AvgIpc) is 3.43. The summed E-state index contributed by atoms with van der Waals surface area (Å²) in [5.74, 6) is 1.12. The molecule has 2 atom stereocenters. The van der Waals surface area contributed by atoms with Gasteiger partial charge in [-0.2, -0.15) is 0 Å². The fourth-order valence-electron chi connectivity index (χ4n) is 3.89. The Bertz CT molecular complexity index is 1240. The fraction of sp³-hybridized carbons (Fsp3) is 0.450. The summed E-state index contributed by atoms with van der Waals surface area (Å²) in [6, 6.07) is 3.42. The lowest BCUT2D eigenvalue weighted by Gasteiger charge is -2.19. The number of rotatable bonds is 6. The number of thiazole rings is 1. The van der Waals surface area contributed by atoms with Gasteiger partial charge in [0, 0.05) is 58.0 Å². The highest BCUT2D eigenvalue weighted by atomic mass is 32.2. The number of pyridine rings is 2. The van der Waals surface area contributed by atoms with Gasteiger partial charge in [-0.3, -0.25) is 9.36 Å². The van der Waals surface area contributed by atoms with Crippen LogP contribution in [0, 0.1) is 5.92 Å². The third-order valence-corrected chi connectivity index (χ3v) is 8.30. The van der Waals surface area contributed by atoms with E-state index in [-0.39, 0.29) is 16.4 Å². The summed E-state index contributed by atoms with van der Waals surface area (Å²) in [7, 11) is 0.583. The molecule has 166 valence electrons. The minimum absolute atomic E-state index is 0.122. The van der Waals surface area contributed by atoms with Crippen LogP contribution in [0.3, 0.4) is 0 Å². The number of aromatic nitrogens is 3. The molecule has 0 aromatic carbocycles. The molecule has 4 rings (SSSR count). The molecule has 1 fully saturated rings. The number of methoxy groups -OCH3 is 1. The SMILES string of the molecule is CC[C@H]1CN(c2ccc3c(=O)c(S(=O)(=O)N(C)C)cn(-c4nccs4)c3n2)C[C@@H]1OC. The number of ether oxygens (including phenoxy) is 1. The predicted molar refractivity (Wildman–Crippen MR) is 121 cm³/mol. The molecule has 31 heavy (non-hydrogen) atoms. The van der Waals surface area contributed by atoms with Crippen molar-refractivity contribution in [2.45, 2.75) is 24.3 Å². The molecule has 1 saturated heterocycles. The van der Waals surface area contributed by atoms with Gasteiger partial charge in [-0.15, -0.1) is 11.3 Å². The Labute approximate surface area is 185 Å². The molecule has 1 aliphatic heterocycles. The second kappa shape index (κ2) is 8.30. The second-order valence-corrected chi connectivity index (χ2v) is 10.7. The van der Waals surface area contributed by atoms with Crippen LogP contribution < -0.4 is 10.3 Å². The molecule has 0 N–H and O–H groups in total. The largest absolute Gasteiger partial charge is 0.379 e. The molecule has 0 spiro atoms. The van der Waals surface area contributed by atoms with Gasteiger partial charge >= 0.3 is 0 Å². The minimum Gasteiger partial charge on any atom is -0.379 e. The van der Waals surface area contributed by atoms with Gasteiger partial charge in [-0.25, -0.2) is 22.7 Å². The molecule has 0 unspecified atom stereocenters. The highest BCUT2D eigenvalue weighted by molar-refractivity contribution is 7.89. The van der Waals surface area contributed by atoms with E-state index in [4.69, 9.17) is 9.72 Å². The molecule has 0 amide bonds. The van der Waals surface area contributed by atoms with Crippen molar-refractivity contribution in [1.29, 1.82) is 0 Å². The molecular weight excluding hydrogens is 438 g/mol. The Morgan fingerprint density at radius 3 is 2.65 bits per heavy atom. The van der Waals surface area contributed by atoms with Crippen LogP contribution in [0.4, 0.5) is 5.82 Å². The quantitative estimate of drug-likeness (QED) is 0.551. The number of nitrogens with zero attached hydrogens (tertiary/aromatic N) is 5. The van der Waals surface area contributed by atoms with Crippen molar-refractivity contribution in [2.24, 2.45) is 5.92 Å². The molecule has 0 saturated carbocycles. The Morgan fingerprint density at radius 1 is 1.29 bits per heavy atom. The zero-order chi connectivity index (χ0) is 22.3. The molecule has 1 aliphatic rings. The zero-order valence-corrected chi connectivity index (χ0v) is 19.5. The predicted octanol–water partition coefficient (Wildman–Crippen LogP) is 1.95. The van der Waals surface area contributed by atoms with Crippen LogP contribution in [0.1, 0.15) is 13.3 Å². The smallest absolute Gasteiger partial charge is 0.247 e. The monoisotopic (exact) mass is 463 g/mol. The van der Waals surface area contributed by atoms with Crippen LogP contribution in [0.5, 0.6) is 0 Å². The number of hydrogen-bond acceptors (Lipinski definition) is 8. The first-order valence-corrected chi connectivity index (χ1v) is 12.3. The van der Waals surface area contributed by atoms with Crippen LogP contribution >= 0.6 is 11.3 Å². The fourth-order valence-corrected chi connectivity index (χ4v) is 5.49. The second-order valence-electron chi connectivity index (χ2n) is 7.68. The maximum atomic E-state index is 13.1. The molecule has 0 radical (unpaired) electrons. The van der Waals surface area contributed by atoms with Crippen molar-refractivity contribution in [1.82, 2.24) is 18.8 Å². The van der Waals surface area contributed by atoms with Crippen LogP contribution in [-0.2, 0) is 14.8 Å². The summed E-state index contributed by atoms with van der Waals surface area (Å²) in [5.41, 5.74) is -0.192. The van der Waals surface area contributed by atoms with E-state index >= 15 is 0 Å². The van der Waals surface area contributed by atoms with Crippen LogP contribution in [0.15, 0.2) is 39.6 Å². The van der Waals surface area contributed by atoms with E-state index in [1.165, 1.54) is 31.6 Å².